The van der Waals surface area contributed by atoms with Crippen molar-refractivity contribution in [2.24, 2.45) is 0 Å². The molecule has 0 aromatic rings. The van der Waals surface area contributed by atoms with Crippen LogP contribution in [0.15, 0.2) is 4.48 Å². The van der Waals surface area contributed by atoms with Gasteiger partial charge in [0.25, 0.3) is 0 Å². The predicted octanol–water partition coefficient (Wildman–Crippen LogP) is 1.52. The summed E-state index contributed by atoms with van der Waals surface area (Å²) in [5.41, 5.74) is 0. The number of hydrogen-bond acceptors (Lipinski definition) is 2. The molecule has 0 spiro atoms. The van der Waals surface area contributed by atoms with Crippen LogP contribution in [0.1, 0.15) is 13.8 Å². The van der Waals surface area contributed by atoms with E-state index in [0.29, 0.717) is 11.1 Å². The lowest BCUT2D eigenvalue weighted by Gasteiger charge is -2.03. The molecule has 0 bridgehead atoms. The smallest absolute Gasteiger partial charge is 0.137 e. The zero-order valence-corrected chi connectivity index (χ0v) is 7.06. The fourth-order valence-electron chi connectivity index (χ4n) is 0.269. The summed E-state index contributed by atoms with van der Waals surface area (Å²) in [6, 6.07) is 0. The molecule has 0 amide bonds. The molecule has 0 aliphatic rings. The number of ether oxygens (including phenoxy) is 1. The molecule has 2 nitrogen and oxygen atoms in total. The van der Waals surface area contributed by atoms with Crippen molar-refractivity contribution in [2.45, 2.75) is 20.0 Å². The third-order valence-electron chi connectivity index (χ3n) is 0.654. The van der Waals surface area contributed by atoms with Gasteiger partial charge in [-0.05, 0) is 29.8 Å². The van der Waals surface area contributed by atoms with E-state index >= 15 is 0 Å². The summed E-state index contributed by atoms with van der Waals surface area (Å²) in [5.74, 6) is 1.68. The van der Waals surface area contributed by atoms with E-state index in [1.165, 1.54) is 0 Å². The second-order valence-electron chi connectivity index (χ2n) is 1.87. The van der Waals surface area contributed by atoms with Gasteiger partial charge >= 0.3 is 0 Å². The molecule has 0 aliphatic carbocycles. The molecule has 0 atom stereocenters. The molecule has 0 fully saturated rings. The second-order valence-corrected chi connectivity index (χ2v) is 2.82. The highest BCUT2D eigenvalue weighted by molar-refractivity contribution is 9.12. The summed E-state index contributed by atoms with van der Waals surface area (Å²) < 4.78 is 5.48. The molecule has 0 saturated carbocycles. The third-order valence-corrected chi connectivity index (χ3v) is 1.04. The molecule has 0 aromatic carbocycles. The monoisotopic (exact) mass is 192 g/mol. The van der Waals surface area contributed by atoms with Gasteiger partial charge in [0.05, 0.1) is 12.7 Å². The standard InChI is InChI=1S/C6H9BrO2/c1-5(2)9-4-6(7)3-8/h5H,4H2,1-2H3. The Balaban J connectivity index is 3.40. The van der Waals surface area contributed by atoms with Crippen LogP contribution in [0.3, 0.4) is 0 Å². The molecule has 9 heavy (non-hydrogen) atoms. The molecule has 3 heteroatoms. The van der Waals surface area contributed by atoms with Gasteiger partial charge in [-0.1, -0.05) is 0 Å². The first kappa shape index (κ1) is 8.89. The Morgan fingerprint density at radius 2 is 2.33 bits per heavy atom. The van der Waals surface area contributed by atoms with Crippen LogP contribution >= 0.6 is 15.9 Å². The zero-order valence-electron chi connectivity index (χ0n) is 5.48. The maximum Gasteiger partial charge on any atom is 0.137 e. The van der Waals surface area contributed by atoms with E-state index in [2.05, 4.69) is 15.9 Å². The Kier molecular flexibility index (Phi) is 4.68. The van der Waals surface area contributed by atoms with Gasteiger partial charge in [0.2, 0.25) is 0 Å². The fourth-order valence-corrected chi connectivity index (χ4v) is 0.401. The quantitative estimate of drug-likeness (QED) is 0.635. The van der Waals surface area contributed by atoms with Crippen LogP contribution in [-0.2, 0) is 9.53 Å². The van der Waals surface area contributed by atoms with Gasteiger partial charge < -0.3 is 4.74 Å². The van der Waals surface area contributed by atoms with Gasteiger partial charge in [-0.25, -0.2) is 4.79 Å². The van der Waals surface area contributed by atoms with E-state index < -0.39 is 0 Å². The lowest BCUT2D eigenvalue weighted by Crippen LogP contribution is -2.03. The van der Waals surface area contributed by atoms with Crippen molar-refractivity contribution in [1.29, 1.82) is 0 Å². The molecule has 0 aromatic heterocycles. The SMILES string of the molecule is CC(C)OCC(Br)=C=O. The van der Waals surface area contributed by atoms with Gasteiger partial charge in [0.1, 0.15) is 10.4 Å². The maximum absolute atomic E-state index is 9.83. The van der Waals surface area contributed by atoms with Gasteiger partial charge in [0, 0.05) is 0 Å². The third kappa shape index (κ3) is 5.77. The van der Waals surface area contributed by atoms with Crippen molar-refractivity contribution in [2.75, 3.05) is 6.61 Å². The Morgan fingerprint density at radius 3 is 2.67 bits per heavy atom. The van der Waals surface area contributed by atoms with Crippen LogP contribution in [0.5, 0.6) is 0 Å². The van der Waals surface area contributed by atoms with E-state index in [4.69, 9.17) is 4.74 Å². The van der Waals surface area contributed by atoms with E-state index in [1.54, 1.807) is 5.94 Å². The minimum absolute atomic E-state index is 0.158. The molecular formula is C6H9BrO2. The first-order chi connectivity index (χ1) is 4.16. The average Bonchev–Trinajstić information content (AvgIpc) is 1.83. The van der Waals surface area contributed by atoms with Gasteiger partial charge in [0.15, 0.2) is 0 Å². The number of carbonyl (C=O) groups excluding carboxylic acids is 1. The molecule has 0 unspecified atom stereocenters. The van der Waals surface area contributed by atoms with E-state index in [9.17, 15) is 4.79 Å². The fraction of sp³-hybridized carbons (Fsp3) is 0.667. The molecule has 0 radical (unpaired) electrons. The second kappa shape index (κ2) is 4.74. The van der Waals surface area contributed by atoms with Gasteiger partial charge in [-0.15, -0.1) is 0 Å². The van der Waals surface area contributed by atoms with Gasteiger partial charge in [-0.3, -0.25) is 0 Å². The lowest BCUT2D eigenvalue weighted by atomic mass is 10.5. The van der Waals surface area contributed by atoms with Crippen LogP contribution in [-0.4, -0.2) is 18.7 Å². The molecule has 0 rings (SSSR count). The number of halogens is 1. The van der Waals surface area contributed by atoms with Crippen LogP contribution < -0.4 is 0 Å². The van der Waals surface area contributed by atoms with Crippen LogP contribution in [0, 0.1) is 0 Å². The van der Waals surface area contributed by atoms with Crippen molar-refractivity contribution in [3.8, 4) is 0 Å². The molecule has 0 heterocycles. The molecule has 52 valence electrons. The van der Waals surface area contributed by atoms with Crippen molar-refractivity contribution < 1.29 is 9.53 Å². The molecule has 0 N–H and O–H groups in total. The van der Waals surface area contributed by atoms with E-state index in [-0.39, 0.29) is 6.10 Å². The average molecular weight is 193 g/mol. The summed E-state index contributed by atoms with van der Waals surface area (Å²) in [6.07, 6.45) is 0.158. The van der Waals surface area contributed by atoms with Crippen molar-refractivity contribution in [3.63, 3.8) is 0 Å². The Labute approximate surface area is 63.0 Å². The Hall–Kier alpha value is -0.110. The topological polar surface area (TPSA) is 26.3 Å². The van der Waals surface area contributed by atoms with Crippen LogP contribution in [0.25, 0.3) is 0 Å². The van der Waals surface area contributed by atoms with Crippen LogP contribution in [0.4, 0.5) is 0 Å². The largest absolute Gasteiger partial charge is 0.373 e. The predicted molar refractivity (Wildman–Crippen MR) is 39.2 cm³/mol. The summed E-state index contributed by atoms with van der Waals surface area (Å²) in [6.45, 7) is 4.14. The van der Waals surface area contributed by atoms with Crippen molar-refractivity contribution >= 4 is 21.9 Å². The maximum atomic E-state index is 9.83. The van der Waals surface area contributed by atoms with Crippen molar-refractivity contribution in [3.05, 3.63) is 4.48 Å². The molecule has 0 aliphatic heterocycles. The minimum atomic E-state index is 0.158. The first-order valence-electron chi connectivity index (χ1n) is 2.68. The summed E-state index contributed by atoms with van der Waals surface area (Å²) >= 11 is 2.97. The van der Waals surface area contributed by atoms with Gasteiger partial charge in [-0.2, -0.15) is 0 Å². The summed E-state index contributed by atoms with van der Waals surface area (Å²) in [5, 5.41) is 0. The Bertz CT molecular complexity index is 125. The minimum Gasteiger partial charge on any atom is -0.373 e. The van der Waals surface area contributed by atoms with Crippen LogP contribution in [0.2, 0.25) is 0 Å². The summed E-state index contributed by atoms with van der Waals surface area (Å²) in [7, 11) is 0. The van der Waals surface area contributed by atoms with E-state index in [1.807, 2.05) is 13.8 Å². The lowest BCUT2D eigenvalue weighted by molar-refractivity contribution is 0.102. The Morgan fingerprint density at radius 1 is 1.78 bits per heavy atom. The highest BCUT2D eigenvalue weighted by Gasteiger charge is 1.94. The number of rotatable bonds is 3. The first-order valence-corrected chi connectivity index (χ1v) is 3.47. The number of hydrogen-bond donors (Lipinski definition) is 0. The normalized spacial score (nSPS) is 9.33. The summed E-state index contributed by atoms with van der Waals surface area (Å²) in [4.78, 5) is 9.83. The zero-order chi connectivity index (χ0) is 7.28. The van der Waals surface area contributed by atoms with Crippen molar-refractivity contribution in [1.82, 2.24) is 0 Å². The van der Waals surface area contributed by atoms with E-state index in [0.717, 1.165) is 0 Å². The molecule has 0 saturated heterocycles. The highest BCUT2D eigenvalue weighted by atomic mass is 79.9. The molecular weight excluding hydrogens is 184 g/mol. The highest BCUT2D eigenvalue weighted by Crippen LogP contribution is 2.01.